The molecule has 3 nitrogen and oxygen atoms in total. The molecule has 1 unspecified atom stereocenters. The Morgan fingerprint density at radius 3 is 2.52 bits per heavy atom. The van der Waals surface area contributed by atoms with Gasteiger partial charge in [-0.3, -0.25) is 4.79 Å². The molecule has 0 aromatic heterocycles. The molecule has 1 heterocycles. The predicted molar refractivity (Wildman–Crippen MR) is 89.8 cm³/mol. The number of esters is 1. The maximum Gasteiger partial charge on any atom is 0.417 e. The molecule has 1 aromatic carbocycles. The summed E-state index contributed by atoms with van der Waals surface area (Å²) in [7, 11) is 0. The van der Waals surface area contributed by atoms with Crippen molar-refractivity contribution in [1.82, 2.24) is 5.32 Å². The average Bonchev–Trinajstić information content (AvgIpc) is 2.47. The Balaban J connectivity index is 2.46. The molecular formula is C15H16ClF3INO2. The van der Waals surface area contributed by atoms with Gasteiger partial charge in [0.05, 0.1) is 10.6 Å². The van der Waals surface area contributed by atoms with Crippen molar-refractivity contribution in [2.24, 2.45) is 0 Å². The van der Waals surface area contributed by atoms with Crippen LogP contribution in [0.25, 0.3) is 0 Å². The van der Waals surface area contributed by atoms with E-state index in [1.165, 1.54) is 12.1 Å². The van der Waals surface area contributed by atoms with Crippen LogP contribution in [0.5, 0.6) is 0 Å². The molecule has 1 aromatic rings. The van der Waals surface area contributed by atoms with Crippen LogP contribution in [0.3, 0.4) is 0 Å². The highest BCUT2D eigenvalue weighted by molar-refractivity contribution is 14.1. The van der Waals surface area contributed by atoms with Crippen molar-refractivity contribution < 1.29 is 22.7 Å². The van der Waals surface area contributed by atoms with Gasteiger partial charge in [0.15, 0.2) is 0 Å². The fourth-order valence-electron chi connectivity index (χ4n) is 2.58. The summed E-state index contributed by atoms with van der Waals surface area (Å²) in [5.41, 5.74) is -1.62. The predicted octanol–water partition coefficient (Wildman–Crippen LogP) is 4.30. The Hall–Kier alpha value is -0.540. The van der Waals surface area contributed by atoms with E-state index >= 15 is 0 Å². The number of carbonyl (C=O) groups is 1. The molecule has 1 N–H and O–H groups in total. The van der Waals surface area contributed by atoms with E-state index in [9.17, 15) is 18.0 Å². The van der Waals surface area contributed by atoms with Crippen molar-refractivity contribution in [2.45, 2.75) is 35.5 Å². The van der Waals surface area contributed by atoms with Crippen LogP contribution in [0.4, 0.5) is 13.2 Å². The highest BCUT2D eigenvalue weighted by Crippen LogP contribution is 2.41. The van der Waals surface area contributed by atoms with Crippen LogP contribution in [-0.4, -0.2) is 23.0 Å². The second kappa shape index (κ2) is 7.14. The monoisotopic (exact) mass is 461 g/mol. The number of piperidine rings is 1. The van der Waals surface area contributed by atoms with Gasteiger partial charge in [0, 0.05) is 12.8 Å². The van der Waals surface area contributed by atoms with Crippen LogP contribution in [0.1, 0.15) is 30.9 Å². The van der Waals surface area contributed by atoms with Crippen LogP contribution in [0.15, 0.2) is 18.2 Å². The van der Waals surface area contributed by atoms with E-state index in [4.69, 9.17) is 16.3 Å². The first kappa shape index (κ1) is 18.8. The highest BCUT2D eigenvalue weighted by atomic mass is 127. The van der Waals surface area contributed by atoms with Gasteiger partial charge < -0.3 is 10.1 Å². The van der Waals surface area contributed by atoms with Gasteiger partial charge in [-0.25, -0.2) is 0 Å². The maximum atomic E-state index is 13.1. The second-order valence-electron chi connectivity index (χ2n) is 5.47. The third kappa shape index (κ3) is 4.30. The van der Waals surface area contributed by atoms with Gasteiger partial charge in [-0.15, -0.1) is 0 Å². The van der Waals surface area contributed by atoms with E-state index in [1.54, 1.807) is 6.92 Å². The molecule has 0 amide bonds. The number of benzene rings is 1. The van der Waals surface area contributed by atoms with Crippen molar-refractivity contribution in [3.63, 3.8) is 0 Å². The van der Waals surface area contributed by atoms with Crippen molar-refractivity contribution >= 4 is 40.2 Å². The summed E-state index contributed by atoms with van der Waals surface area (Å²) in [5.74, 6) is -0.434. The highest BCUT2D eigenvalue weighted by Gasteiger charge is 2.41. The first-order chi connectivity index (χ1) is 10.7. The molecule has 8 heteroatoms. The van der Waals surface area contributed by atoms with E-state index in [0.29, 0.717) is 31.5 Å². The minimum Gasteiger partial charge on any atom is -0.453 e. The van der Waals surface area contributed by atoms with Gasteiger partial charge in [-0.2, -0.15) is 13.2 Å². The summed E-state index contributed by atoms with van der Waals surface area (Å²) in [6.07, 6.45) is -3.72. The zero-order valence-corrected chi connectivity index (χ0v) is 15.3. The molecule has 23 heavy (non-hydrogen) atoms. The van der Waals surface area contributed by atoms with Crippen molar-refractivity contribution in [3.8, 4) is 0 Å². The SMILES string of the molecule is CC(I)C(=O)OC1(c2ccc(Cl)c(C(F)(F)F)c2)CCNCC1. The van der Waals surface area contributed by atoms with Crippen LogP contribution in [0, 0.1) is 0 Å². The zero-order valence-electron chi connectivity index (χ0n) is 12.3. The molecule has 0 saturated carbocycles. The third-order valence-corrected chi connectivity index (χ3v) is 4.67. The van der Waals surface area contributed by atoms with Gasteiger partial charge >= 0.3 is 12.1 Å². The summed E-state index contributed by atoms with van der Waals surface area (Å²) in [6, 6.07) is 3.72. The number of rotatable bonds is 3. The standard InChI is InChI=1S/C15H16ClF3INO2/c1-9(20)13(22)23-14(4-6-21-7-5-14)10-2-3-12(16)11(8-10)15(17,18)19/h2-3,8-9,21H,4-7H2,1H3. The summed E-state index contributed by atoms with van der Waals surface area (Å²) >= 11 is 7.60. The molecule has 1 fully saturated rings. The number of alkyl halides is 4. The lowest BCUT2D eigenvalue weighted by Crippen LogP contribution is -2.44. The number of hydrogen-bond donors (Lipinski definition) is 1. The van der Waals surface area contributed by atoms with Crippen LogP contribution in [-0.2, 0) is 21.3 Å². The first-order valence-electron chi connectivity index (χ1n) is 7.10. The second-order valence-corrected chi connectivity index (χ2v) is 7.75. The fourth-order valence-corrected chi connectivity index (χ4v) is 2.93. The molecule has 1 saturated heterocycles. The molecule has 0 bridgehead atoms. The molecule has 0 spiro atoms. The Morgan fingerprint density at radius 2 is 2.00 bits per heavy atom. The van der Waals surface area contributed by atoms with E-state index in [1.807, 2.05) is 22.6 Å². The van der Waals surface area contributed by atoms with E-state index in [-0.39, 0.29) is 8.95 Å². The van der Waals surface area contributed by atoms with Crippen molar-refractivity contribution in [3.05, 3.63) is 34.3 Å². The normalized spacial score (nSPS) is 19.2. The van der Waals surface area contributed by atoms with Crippen LogP contribution in [0.2, 0.25) is 5.02 Å². The Kier molecular flexibility index (Phi) is 5.84. The number of halogens is 5. The molecule has 1 aliphatic heterocycles. The minimum atomic E-state index is -4.55. The van der Waals surface area contributed by atoms with Gasteiger partial charge in [0.2, 0.25) is 0 Å². The van der Waals surface area contributed by atoms with E-state index in [0.717, 1.165) is 6.07 Å². The topological polar surface area (TPSA) is 38.3 Å². The van der Waals surface area contributed by atoms with Crippen molar-refractivity contribution in [1.29, 1.82) is 0 Å². The van der Waals surface area contributed by atoms with Gasteiger partial charge in [-0.1, -0.05) is 40.3 Å². The quantitative estimate of drug-likeness (QED) is 0.414. The average molecular weight is 462 g/mol. The molecule has 0 aliphatic carbocycles. The van der Waals surface area contributed by atoms with E-state index < -0.39 is 23.3 Å². The number of ether oxygens (including phenoxy) is 1. The Morgan fingerprint density at radius 1 is 1.39 bits per heavy atom. The van der Waals surface area contributed by atoms with Gasteiger partial charge in [-0.05, 0) is 37.7 Å². The number of nitrogens with one attached hydrogen (secondary N) is 1. The molecule has 1 atom stereocenters. The lowest BCUT2D eigenvalue weighted by Gasteiger charge is -2.38. The van der Waals surface area contributed by atoms with Crippen LogP contribution >= 0.6 is 34.2 Å². The lowest BCUT2D eigenvalue weighted by atomic mass is 9.84. The molecule has 128 valence electrons. The molecule has 1 aliphatic rings. The van der Waals surface area contributed by atoms with Gasteiger partial charge in [0.1, 0.15) is 9.53 Å². The summed E-state index contributed by atoms with van der Waals surface area (Å²) in [6.45, 7) is 2.81. The van der Waals surface area contributed by atoms with E-state index in [2.05, 4.69) is 5.32 Å². The molecular weight excluding hydrogens is 446 g/mol. The first-order valence-corrected chi connectivity index (χ1v) is 8.73. The zero-order chi connectivity index (χ0) is 17.3. The Labute approximate surface area is 151 Å². The number of carbonyl (C=O) groups excluding carboxylic acids is 1. The summed E-state index contributed by atoms with van der Waals surface area (Å²) in [4.78, 5) is 12.0. The lowest BCUT2D eigenvalue weighted by molar-refractivity contribution is -0.162. The maximum absolute atomic E-state index is 13.1. The fraction of sp³-hybridized carbons (Fsp3) is 0.533. The number of hydrogen-bond acceptors (Lipinski definition) is 3. The molecule has 0 radical (unpaired) electrons. The largest absolute Gasteiger partial charge is 0.453 e. The molecule has 2 rings (SSSR count). The van der Waals surface area contributed by atoms with Gasteiger partial charge in [0.25, 0.3) is 0 Å². The summed E-state index contributed by atoms with van der Waals surface area (Å²) < 4.78 is 44.6. The third-order valence-electron chi connectivity index (χ3n) is 3.83. The smallest absolute Gasteiger partial charge is 0.417 e. The van der Waals surface area contributed by atoms with Crippen LogP contribution < -0.4 is 5.32 Å². The van der Waals surface area contributed by atoms with Crippen molar-refractivity contribution in [2.75, 3.05) is 13.1 Å². The Bertz CT molecular complexity index is 587. The summed E-state index contributed by atoms with van der Waals surface area (Å²) in [5, 5.41) is 2.76. The minimum absolute atomic E-state index is 0.334.